The molecule has 0 spiro atoms. The predicted molar refractivity (Wildman–Crippen MR) is 169 cm³/mol. The van der Waals surface area contributed by atoms with Crippen LogP contribution in [0.25, 0.3) is 0 Å². The highest BCUT2D eigenvalue weighted by atomic mass is 35.7. The van der Waals surface area contributed by atoms with Gasteiger partial charge in [-0.1, -0.05) is 24.3 Å². The van der Waals surface area contributed by atoms with E-state index in [2.05, 4.69) is 35.7 Å². The van der Waals surface area contributed by atoms with Crippen molar-refractivity contribution in [2.75, 3.05) is 132 Å². The molecule has 2 aliphatic rings. The van der Waals surface area contributed by atoms with Crippen molar-refractivity contribution in [2.45, 2.75) is 6.42 Å². The van der Waals surface area contributed by atoms with E-state index in [0.29, 0.717) is 132 Å². The van der Waals surface area contributed by atoms with Gasteiger partial charge in [0.05, 0.1) is 132 Å². The quantitative estimate of drug-likeness (QED) is 0.284. The molecule has 0 bridgehead atoms. The predicted octanol–water partition coefficient (Wildman–Crippen LogP) is -8.32. The van der Waals surface area contributed by atoms with Gasteiger partial charge in [-0.05, 0) is 41.8 Å². The molecule has 0 radical (unpaired) electrons. The molecule has 0 unspecified atom stereocenters. The summed E-state index contributed by atoms with van der Waals surface area (Å²) in [5.74, 6) is 0. The van der Waals surface area contributed by atoms with E-state index >= 15 is 0 Å². The third-order valence-corrected chi connectivity index (χ3v) is 6.17. The van der Waals surface area contributed by atoms with E-state index in [9.17, 15) is 0 Å². The maximum Gasteiger partial charge on any atom is 0.127 e. The molecular weight excluding hydrogens is 783 g/mol. The molecule has 22 heteroatoms. The van der Waals surface area contributed by atoms with Crippen LogP contribution in [-0.4, -0.2) is 132 Å². The lowest BCUT2D eigenvalue weighted by molar-refractivity contribution is -2.00. The van der Waals surface area contributed by atoms with Crippen molar-refractivity contribution in [1.82, 2.24) is 0 Å². The molecule has 2 aromatic carbocycles. The highest BCUT2D eigenvalue weighted by Gasteiger charge is 1.99. The second-order valence-electron chi connectivity index (χ2n) is 10.7. The third-order valence-electron chi connectivity index (χ3n) is 6.17. The molecule has 0 atom stereocenters. The van der Waals surface area contributed by atoms with Crippen LogP contribution in [0.2, 0.25) is 0 Å². The van der Waals surface area contributed by atoms with Gasteiger partial charge in [-0.3, -0.25) is 0 Å². The van der Waals surface area contributed by atoms with E-state index < -0.39 is 20.5 Å². The number of hydrogen-bond acceptors (Lipinski definition) is 18. The molecule has 2 fully saturated rings. The summed E-state index contributed by atoms with van der Waals surface area (Å²) < 4.78 is 121. The maximum absolute atomic E-state index is 8.49. The van der Waals surface area contributed by atoms with Crippen LogP contribution in [0.1, 0.15) is 11.1 Å². The summed E-state index contributed by atoms with van der Waals surface area (Å²) in [5.41, 5.74) is 12.5. The second-order valence-corrected chi connectivity index (χ2v) is 12.2. The molecule has 320 valence electrons. The summed E-state index contributed by atoms with van der Waals surface area (Å²) in [6.07, 6.45) is 0.973. The molecule has 0 aliphatic carbocycles. The highest BCUT2D eigenvalue weighted by Crippen LogP contribution is 2.12. The zero-order valence-electron chi connectivity index (χ0n) is 31.0. The summed E-state index contributed by atoms with van der Waals surface area (Å²) in [6, 6.07) is 16.7. The van der Waals surface area contributed by atoms with E-state index in [1.165, 1.54) is 11.1 Å². The van der Waals surface area contributed by atoms with Gasteiger partial charge in [0.2, 0.25) is 0 Å². The van der Waals surface area contributed by atoms with Gasteiger partial charge < -0.3 is 58.8 Å². The molecule has 0 saturated carbocycles. The van der Waals surface area contributed by atoms with Crippen molar-refractivity contribution in [3.05, 3.63) is 59.7 Å². The Morgan fingerprint density at radius 3 is 0.564 bits per heavy atom. The van der Waals surface area contributed by atoms with Gasteiger partial charge >= 0.3 is 0 Å². The van der Waals surface area contributed by atoms with E-state index in [0.717, 1.165) is 17.8 Å². The molecule has 6 N–H and O–H groups in total. The van der Waals surface area contributed by atoms with E-state index in [1.54, 1.807) is 0 Å². The summed E-state index contributed by atoms with van der Waals surface area (Å²) in [5, 5.41) is 0. The molecule has 0 amide bonds. The molecule has 20 nitrogen and oxygen atoms in total. The Morgan fingerprint density at radius 1 is 0.309 bits per heavy atom. The van der Waals surface area contributed by atoms with Crippen LogP contribution < -0.4 is 48.7 Å². The van der Waals surface area contributed by atoms with E-state index in [1.807, 2.05) is 24.3 Å². The summed E-state index contributed by atoms with van der Waals surface area (Å²) in [6.45, 7) is 12.2. The maximum atomic E-state index is 8.49. The van der Waals surface area contributed by atoms with Crippen LogP contribution >= 0.6 is 0 Å². The smallest absolute Gasteiger partial charge is 0.127 e. The number of ether oxygens (including phenoxy) is 10. The minimum Gasteiger partial charge on any atom is -0.377 e. The first-order valence-corrected chi connectivity index (χ1v) is 19.5. The highest BCUT2D eigenvalue weighted by molar-refractivity contribution is 5.36. The zero-order valence-corrected chi connectivity index (χ0v) is 32.5. The SMILES string of the molecule is C1COCCOCCOCCOCCO1.C1COCCOCCOCCOCCO1.[NH3+]c1ccc(Cc2ccc([NH3+])cc2)cc1.[O-][Cl+3]([O-])([O-])[O-].[O-][Cl+3]([O-])([O-])[O-]. The number of halogens is 2. The fourth-order valence-electron chi connectivity index (χ4n) is 3.75. The van der Waals surface area contributed by atoms with Crippen LogP contribution in [0.3, 0.4) is 0 Å². The van der Waals surface area contributed by atoms with Gasteiger partial charge in [0, 0.05) is 0 Å². The number of rotatable bonds is 2. The molecule has 0 aromatic heterocycles. The van der Waals surface area contributed by atoms with Crippen molar-refractivity contribution in [2.24, 2.45) is 0 Å². The largest absolute Gasteiger partial charge is 0.377 e. The lowest BCUT2D eigenvalue weighted by Gasteiger charge is -2.17. The van der Waals surface area contributed by atoms with Crippen molar-refractivity contribution < 1.29 is 117 Å². The van der Waals surface area contributed by atoms with Crippen LogP contribution in [0, 0.1) is 20.5 Å². The van der Waals surface area contributed by atoms with Crippen molar-refractivity contribution in [3.63, 3.8) is 0 Å². The standard InChI is InChI=1S/C13H14N2.2C10H20O5.2ClHO4/c14-12-5-1-10(2-6-12)9-11-3-7-13(15)8-4-11;2*1-2-12-5-6-14-9-10-15-8-7-13-4-3-11-1;2*2-1(3,4)5/h1-8H,9,14-15H2;2*1-10H2;2*(H,2,3,4,5). The first-order valence-electron chi connectivity index (χ1n) is 17.1. The first-order chi connectivity index (χ1) is 26.2. The Balaban J connectivity index is 0.000000707. The van der Waals surface area contributed by atoms with Crippen molar-refractivity contribution in [1.29, 1.82) is 0 Å². The van der Waals surface area contributed by atoms with Crippen LogP contribution in [-0.2, 0) is 53.8 Å². The van der Waals surface area contributed by atoms with Crippen LogP contribution in [0.5, 0.6) is 0 Å². The fourth-order valence-corrected chi connectivity index (χ4v) is 3.75. The van der Waals surface area contributed by atoms with Gasteiger partial charge in [-0.15, -0.1) is 20.5 Å². The first kappa shape index (κ1) is 53.2. The van der Waals surface area contributed by atoms with Crippen molar-refractivity contribution >= 4 is 11.4 Å². The Morgan fingerprint density at radius 2 is 0.436 bits per heavy atom. The van der Waals surface area contributed by atoms with E-state index in [-0.39, 0.29) is 0 Å². The molecule has 4 rings (SSSR count). The third kappa shape index (κ3) is 48.3. The van der Waals surface area contributed by atoms with Gasteiger partial charge in [-0.25, -0.2) is 37.3 Å². The van der Waals surface area contributed by atoms with Crippen LogP contribution in [0.15, 0.2) is 48.5 Å². The molecule has 2 aliphatic heterocycles. The number of benzene rings is 2. The Kier molecular flexibility index (Phi) is 35.4. The summed E-state index contributed by atoms with van der Waals surface area (Å²) in [4.78, 5) is 0. The van der Waals surface area contributed by atoms with E-state index in [4.69, 9.17) is 84.6 Å². The average molecular weight is 840 g/mol. The van der Waals surface area contributed by atoms with Crippen LogP contribution in [0.4, 0.5) is 11.4 Å². The monoisotopic (exact) mass is 838 g/mol. The number of quaternary nitrogens is 2. The van der Waals surface area contributed by atoms with Gasteiger partial charge in [0.15, 0.2) is 0 Å². The normalized spacial score (nSPS) is 18.1. The molecule has 2 saturated heterocycles. The van der Waals surface area contributed by atoms with Gasteiger partial charge in [0.1, 0.15) is 11.4 Å². The molecule has 2 aromatic rings. The second kappa shape index (κ2) is 36.6. The Bertz CT molecular complexity index is 885. The van der Waals surface area contributed by atoms with Crippen molar-refractivity contribution in [3.8, 4) is 0 Å². The molecule has 2 heterocycles. The topological polar surface area (TPSA) is 332 Å². The Labute approximate surface area is 325 Å². The fraction of sp³-hybridized carbons (Fsp3) is 0.636. The summed E-state index contributed by atoms with van der Waals surface area (Å²) >= 11 is 0. The lowest BCUT2D eigenvalue weighted by Crippen LogP contribution is -2.68. The number of hydrogen-bond donors (Lipinski definition) is 2. The zero-order chi connectivity index (χ0) is 40.9. The Hall–Kier alpha value is -1.78. The minimum atomic E-state index is -4.94. The average Bonchev–Trinajstić information content (AvgIpc) is 3.13. The lowest BCUT2D eigenvalue weighted by atomic mass is 10.0. The van der Waals surface area contributed by atoms with Gasteiger partial charge in [0.25, 0.3) is 0 Å². The molecular formula is C33H56Cl2N2O18. The van der Waals surface area contributed by atoms with Gasteiger partial charge in [-0.2, -0.15) is 0 Å². The minimum absolute atomic E-state index is 0.611. The molecule has 55 heavy (non-hydrogen) atoms. The summed E-state index contributed by atoms with van der Waals surface area (Å²) in [7, 11) is -9.89.